The van der Waals surface area contributed by atoms with E-state index in [0.29, 0.717) is 34.1 Å². The fourth-order valence-electron chi connectivity index (χ4n) is 3.44. The van der Waals surface area contributed by atoms with Gasteiger partial charge in [0.25, 0.3) is 11.8 Å². The van der Waals surface area contributed by atoms with Gasteiger partial charge in [0.2, 0.25) is 0 Å². The van der Waals surface area contributed by atoms with Crippen molar-refractivity contribution in [1.82, 2.24) is 10.7 Å². The first kappa shape index (κ1) is 28.0. The van der Waals surface area contributed by atoms with Gasteiger partial charge < -0.3 is 14.5 Å². The number of benzene rings is 2. The number of esters is 1. The first-order valence-electron chi connectivity index (χ1n) is 11.6. The smallest absolute Gasteiger partial charge is 0.338 e. The number of ether oxygens (including phenoxy) is 1. The number of hydrazone groups is 1. The summed E-state index contributed by atoms with van der Waals surface area (Å²) in [6.07, 6.45) is 1.74. The predicted molar refractivity (Wildman–Crippen MR) is 143 cm³/mol. The number of carbonyl (C=O) groups excluding carboxylic acids is 3. The number of halogens is 2. The van der Waals surface area contributed by atoms with Crippen LogP contribution in [0.2, 0.25) is 10.0 Å². The van der Waals surface area contributed by atoms with E-state index in [0.717, 1.165) is 0 Å². The molecular formula is C27H27Cl2N3O5. The van der Waals surface area contributed by atoms with Crippen molar-refractivity contribution in [1.29, 1.82) is 0 Å². The van der Waals surface area contributed by atoms with Crippen LogP contribution >= 0.6 is 23.2 Å². The maximum absolute atomic E-state index is 12.8. The van der Waals surface area contributed by atoms with Crippen LogP contribution in [0.3, 0.4) is 0 Å². The van der Waals surface area contributed by atoms with Gasteiger partial charge in [-0.1, -0.05) is 49.2 Å². The van der Waals surface area contributed by atoms with Crippen LogP contribution in [0.25, 0.3) is 11.3 Å². The molecule has 0 bridgehead atoms. The number of amides is 2. The lowest BCUT2D eigenvalue weighted by atomic mass is 10.0. The first-order valence-corrected chi connectivity index (χ1v) is 12.4. The summed E-state index contributed by atoms with van der Waals surface area (Å²) < 4.78 is 10.8. The highest BCUT2D eigenvalue weighted by Crippen LogP contribution is 2.23. The number of nitrogens with zero attached hydrogens (tertiary/aromatic N) is 1. The largest absolute Gasteiger partial charge is 0.462 e. The number of nitrogens with one attached hydrogen (secondary N) is 2. The molecule has 2 N–H and O–H groups in total. The van der Waals surface area contributed by atoms with Crippen molar-refractivity contribution in [3.05, 3.63) is 81.5 Å². The van der Waals surface area contributed by atoms with Crippen LogP contribution in [0.1, 0.15) is 53.7 Å². The summed E-state index contributed by atoms with van der Waals surface area (Å²) in [6, 6.07) is 14.0. The molecule has 1 heterocycles. The Morgan fingerprint density at radius 3 is 2.57 bits per heavy atom. The Morgan fingerprint density at radius 1 is 1.08 bits per heavy atom. The molecule has 0 aliphatic heterocycles. The van der Waals surface area contributed by atoms with Gasteiger partial charge in [0.1, 0.15) is 17.6 Å². The summed E-state index contributed by atoms with van der Waals surface area (Å²) in [6.45, 7) is 5.90. The minimum atomic E-state index is -0.839. The van der Waals surface area contributed by atoms with Gasteiger partial charge in [-0.2, -0.15) is 5.10 Å². The summed E-state index contributed by atoms with van der Waals surface area (Å²) in [5.74, 6) is -0.372. The van der Waals surface area contributed by atoms with E-state index < -0.39 is 23.8 Å². The molecule has 8 nitrogen and oxygen atoms in total. The summed E-state index contributed by atoms with van der Waals surface area (Å²) in [7, 11) is 0. The predicted octanol–water partition coefficient (Wildman–Crippen LogP) is 5.72. The van der Waals surface area contributed by atoms with Crippen LogP contribution < -0.4 is 10.7 Å². The zero-order chi connectivity index (χ0) is 26.9. The van der Waals surface area contributed by atoms with Crippen LogP contribution in [0.15, 0.2) is 64.1 Å². The number of rotatable bonds is 10. The molecule has 0 spiro atoms. The third-order valence-corrected chi connectivity index (χ3v) is 5.70. The lowest BCUT2D eigenvalue weighted by Gasteiger charge is -2.19. The van der Waals surface area contributed by atoms with E-state index in [-0.39, 0.29) is 23.1 Å². The van der Waals surface area contributed by atoms with Gasteiger partial charge in [0, 0.05) is 10.6 Å². The Bertz CT molecular complexity index is 1300. The van der Waals surface area contributed by atoms with E-state index in [1.165, 1.54) is 18.3 Å². The van der Waals surface area contributed by atoms with Crippen LogP contribution in [0.4, 0.5) is 0 Å². The first-order chi connectivity index (χ1) is 17.7. The molecule has 194 valence electrons. The van der Waals surface area contributed by atoms with E-state index in [2.05, 4.69) is 15.8 Å². The molecule has 0 radical (unpaired) electrons. The Labute approximate surface area is 225 Å². The molecule has 3 rings (SSSR count). The standard InChI is InChI=1S/C27H27Cl2N3O5/c1-4-36-27(35)18-7-5-6-17(13-18)24-11-9-20(37-24)15-30-32-26(34)23(12-16(2)3)31-25(33)21-10-8-19(28)14-22(21)29/h5-11,13-16,23H,4,12H2,1-3H3,(H,31,33)(H,32,34)/b30-15+/t23-/m0/s1. The van der Waals surface area contributed by atoms with Crippen molar-refractivity contribution < 1.29 is 23.5 Å². The van der Waals surface area contributed by atoms with Crippen molar-refractivity contribution in [3.8, 4) is 11.3 Å². The van der Waals surface area contributed by atoms with Gasteiger partial charge in [-0.3, -0.25) is 9.59 Å². The monoisotopic (exact) mass is 543 g/mol. The molecule has 1 atom stereocenters. The average Bonchev–Trinajstić information content (AvgIpc) is 3.32. The van der Waals surface area contributed by atoms with E-state index in [1.807, 2.05) is 13.8 Å². The molecule has 0 unspecified atom stereocenters. The molecule has 0 saturated carbocycles. The van der Waals surface area contributed by atoms with Crippen molar-refractivity contribution in [3.63, 3.8) is 0 Å². The molecule has 2 aromatic carbocycles. The molecule has 0 aliphatic rings. The molecule has 0 aliphatic carbocycles. The second kappa shape index (κ2) is 13.1. The summed E-state index contributed by atoms with van der Waals surface area (Å²) >= 11 is 12.0. The van der Waals surface area contributed by atoms with E-state index in [1.54, 1.807) is 49.4 Å². The van der Waals surface area contributed by atoms with Crippen LogP contribution in [0.5, 0.6) is 0 Å². The third-order valence-electron chi connectivity index (χ3n) is 5.16. The van der Waals surface area contributed by atoms with E-state index in [9.17, 15) is 14.4 Å². The highest BCUT2D eigenvalue weighted by molar-refractivity contribution is 6.36. The van der Waals surface area contributed by atoms with Gasteiger partial charge in [0.15, 0.2) is 0 Å². The minimum absolute atomic E-state index is 0.124. The minimum Gasteiger partial charge on any atom is -0.462 e. The van der Waals surface area contributed by atoms with Crippen LogP contribution in [0, 0.1) is 5.92 Å². The highest BCUT2D eigenvalue weighted by Gasteiger charge is 2.23. The Morgan fingerprint density at radius 2 is 1.86 bits per heavy atom. The normalized spacial score (nSPS) is 11.9. The van der Waals surface area contributed by atoms with E-state index in [4.69, 9.17) is 32.4 Å². The molecule has 0 saturated heterocycles. The average molecular weight is 544 g/mol. The van der Waals surface area contributed by atoms with Crippen molar-refractivity contribution in [2.45, 2.75) is 33.2 Å². The topological polar surface area (TPSA) is 110 Å². The van der Waals surface area contributed by atoms with Crippen molar-refractivity contribution in [2.24, 2.45) is 11.0 Å². The molecule has 1 aromatic heterocycles. The number of hydrogen-bond donors (Lipinski definition) is 2. The maximum atomic E-state index is 12.8. The van der Waals surface area contributed by atoms with E-state index >= 15 is 0 Å². The number of hydrogen-bond acceptors (Lipinski definition) is 6. The lowest BCUT2D eigenvalue weighted by molar-refractivity contribution is -0.123. The maximum Gasteiger partial charge on any atom is 0.338 e. The lowest BCUT2D eigenvalue weighted by Crippen LogP contribution is -2.46. The van der Waals surface area contributed by atoms with Crippen LogP contribution in [-0.2, 0) is 9.53 Å². The summed E-state index contributed by atoms with van der Waals surface area (Å²) in [5.41, 5.74) is 3.76. The van der Waals surface area contributed by atoms with Crippen molar-refractivity contribution in [2.75, 3.05) is 6.61 Å². The summed E-state index contributed by atoms with van der Waals surface area (Å²) in [4.78, 5) is 37.5. The van der Waals surface area contributed by atoms with Crippen LogP contribution in [-0.4, -0.2) is 36.6 Å². The van der Waals surface area contributed by atoms with Gasteiger partial charge in [-0.05, 0) is 61.7 Å². The van der Waals surface area contributed by atoms with Gasteiger partial charge >= 0.3 is 5.97 Å². The Kier molecular flexibility index (Phi) is 9.88. The quantitative estimate of drug-likeness (QED) is 0.193. The highest BCUT2D eigenvalue weighted by atomic mass is 35.5. The SMILES string of the molecule is CCOC(=O)c1cccc(-c2ccc(/C=N/NC(=O)[C@H](CC(C)C)NC(=O)c3ccc(Cl)cc3Cl)o2)c1. The van der Waals surface area contributed by atoms with Gasteiger partial charge in [-0.25, -0.2) is 10.2 Å². The molecule has 3 aromatic rings. The molecular weight excluding hydrogens is 517 g/mol. The number of carbonyl (C=O) groups is 3. The number of furan rings is 1. The molecule has 2 amide bonds. The third kappa shape index (κ3) is 7.93. The molecule has 0 fully saturated rings. The second-order valence-electron chi connectivity index (χ2n) is 8.52. The Balaban J connectivity index is 1.66. The zero-order valence-corrected chi connectivity index (χ0v) is 22.1. The fraction of sp³-hybridized carbons (Fsp3) is 0.259. The molecule has 10 heteroatoms. The van der Waals surface area contributed by atoms with Gasteiger partial charge in [-0.15, -0.1) is 0 Å². The summed E-state index contributed by atoms with van der Waals surface area (Å²) in [5, 5.41) is 7.27. The molecule has 37 heavy (non-hydrogen) atoms. The van der Waals surface area contributed by atoms with Gasteiger partial charge in [0.05, 0.1) is 29.0 Å². The zero-order valence-electron chi connectivity index (χ0n) is 20.6. The second-order valence-corrected chi connectivity index (χ2v) is 9.36. The Hall–Kier alpha value is -3.62. The fourth-order valence-corrected chi connectivity index (χ4v) is 3.94. The van der Waals surface area contributed by atoms with Crippen molar-refractivity contribution >= 4 is 47.2 Å².